The van der Waals surface area contributed by atoms with Crippen LogP contribution in [0.25, 0.3) is 0 Å². The molecular weight excluding hydrogens is 288 g/mol. The minimum Gasteiger partial charge on any atom is -0.374 e. The molecule has 0 spiro atoms. The van der Waals surface area contributed by atoms with Crippen molar-refractivity contribution in [3.05, 3.63) is 59.7 Å². The highest BCUT2D eigenvalue weighted by molar-refractivity contribution is 5.93. The van der Waals surface area contributed by atoms with Gasteiger partial charge in [-0.15, -0.1) is 0 Å². The van der Waals surface area contributed by atoms with Gasteiger partial charge >= 0.3 is 0 Å². The van der Waals surface area contributed by atoms with Gasteiger partial charge in [0.05, 0.1) is 12.2 Å². The highest BCUT2D eigenvalue weighted by Gasteiger charge is 2.10. The molecule has 1 amide bonds. The number of hydrogen-bond donors (Lipinski definition) is 2. The third kappa shape index (κ3) is 3.95. The van der Waals surface area contributed by atoms with E-state index in [-0.39, 0.29) is 12.2 Å². The SMILES string of the molecule is O=C(CNc1cc(F)c(F)cc1F)Nc1ccc(F)cc1. The Morgan fingerprint density at radius 2 is 1.52 bits per heavy atom. The molecule has 7 heteroatoms. The summed E-state index contributed by atoms with van der Waals surface area (Å²) < 4.78 is 51.7. The summed E-state index contributed by atoms with van der Waals surface area (Å²) in [5.41, 5.74) is 0.0251. The molecule has 0 bridgehead atoms. The van der Waals surface area contributed by atoms with Gasteiger partial charge < -0.3 is 10.6 Å². The maximum atomic E-state index is 13.3. The fourth-order valence-electron chi connectivity index (χ4n) is 1.57. The van der Waals surface area contributed by atoms with E-state index in [1.165, 1.54) is 12.1 Å². The van der Waals surface area contributed by atoms with E-state index in [1.807, 2.05) is 0 Å². The molecule has 0 unspecified atom stereocenters. The molecule has 0 saturated carbocycles. The van der Waals surface area contributed by atoms with Crippen molar-refractivity contribution < 1.29 is 22.4 Å². The minimum absolute atomic E-state index is 0.330. The number of carbonyl (C=O) groups excluding carboxylic acids is 1. The van der Waals surface area contributed by atoms with Crippen molar-refractivity contribution in [2.45, 2.75) is 0 Å². The zero-order valence-corrected chi connectivity index (χ0v) is 10.6. The molecule has 2 aromatic rings. The van der Waals surface area contributed by atoms with Crippen LogP contribution in [0, 0.1) is 23.3 Å². The van der Waals surface area contributed by atoms with Crippen molar-refractivity contribution in [3.63, 3.8) is 0 Å². The van der Waals surface area contributed by atoms with Crippen LogP contribution in [0.3, 0.4) is 0 Å². The van der Waals surface area contributed by atoms with E-state index in [4.69, 9.17) is 0 Å². The van der Waals surface area contributed by atoms with Crippen LogP contribution in [0.4, 0.5) is 28.9 Å². The lowest BCUT2D eigenvalue weighted by molar-refractivity contribution is -0.114. The van der Waals surface area contributed by atoms with Gasteiger partial charge in [-0.1, -0.05) is 0 Å². The van der Waals surface area contributed by atoms with Gasteiger partial charge in [-0.3, -0.25) is 4.79 Å². The molecular formula is C14H10F4N2O. The molecule has 2 rings (SSSR count). The number of nitrogens with one attached hydrogen (secondary N) is 2. The summed E-state index contributed by atoms with van der Waals surface area (Å²) in [6.45, 7) is -0.362. The molecule has 110 valence electrons. The topological polar surface area (TPSA) is 41.1 Å². The Kier molecular flexibility index (Phi) is 4.42. The lowest BCUT2D eigenvalue weighted by Gasteiger charge is -2.09. The Bertz CT molecular complexity index is 659. The van der Waals surface area contributed by atoms with Gasteiger partial charge in [0.1, 0.15) is 11.6 Å². The first kappa shape index (κ1) is 14.8. The fraction of sp³-hybridized carbons (Fsp3) is 0.0714. The van der Waals surface area contributed by atoms with Crippen LogP contribution in [0.1, 0.15) is 0 Å². The molecule has 0 radical (unpaired) electrons. The first-order chi connectivity index (χ1) is 9.95. The lowest BCUT2D eigenvalue weighted by Crippen LogP contribution is -2.22. The Morgan fingerprint density at radius 1 is 0.905 bits per heavy atom. The molecule has 0 aliphatic heterocycles. The van der Waals surface area contributed by atoms with Crippen molar-refractivity contribution in [3.8, 4) is 0 Å². The van der Waals surface area contributed by atoms with E-state index in [0.29, 0.717) is 17.8 Å². The Hall–Kier alpha value is -2.57. The van der Waals surface area contributed by atoms with E-state index < -0.39 is 29.2 Å². The monoisotopic (exact) mass is 298 g/mol. The molecule has 0 aliphatic carbocycles. The summed E-state index contributed by atoms with van der Waals surface area (Å²) in [6, 6.07) is 6.04. The molecule has 2 N–H and O–H groups in total. The zero-order chi connectivity index (χ0) is 15.4. The van der Waals surface area contributed by atoms with Crippen LogP contribution < -0.4 is 10.6 Å². The van der Waals surface area contributed by atoms with Crippen molar-refractivity contribution in [1.82, 2.24) is 0 Å². The quantitative estimate of drug-likeness (QED) is 0.672. The molecule has 21 heavy (non-hydrogen) atoms. The molecule has 0 fully saturated rings. The second-order valence-corrected chi connectivity index (χ2v) is 4.15. The number of hydrogen-bond acceptors (Lipinski definition) is 2. The van der Waals surface area contributed by atoms with Crippen molar-refractivity contribution in [2.75, 3.05) is 17.2 Å². The van der Waals surface area contributed by atoms with Gasteiger partial charge in [0.25, 0.3) is 0 Å². The highest BCUT2D eigenvalue weighted by atomic mass is 19.2. The summed E-state index contributed by atoms with van der Waals surface area (Å²) in [7, 11) is 0. The first-order valence-electron chi connectivity index (χ1n) is 5.89. The van der Waals surface area contributed by atoms with E-state index >= 15 is 0 Å². The molecule has 0 saturated heterocycles. The largest absolute Gasteiger partial charge is 0.374 e. The van der Waals surface area contributed by atoms with Crippen LogP contribution in [0.2, 0.25) is 0 Å². The highest BCUT2D eigenvalue weighted by Crippen LogP contribution is 2.18. The Balaban J connectivity index is 1.95. The predicted molar refractivity (Wildman–Crippen MR) is 69.8 cm³/mol. The summed E-state index contributed by atoms with van der Waals surface area (Å²) in [4.78, 5) is 11.6. The molecule has 0 heterocycles. The molecule has 3 nitrogen and oxygen atoms in total. The van der Waals surface area contributed by atoms with Crippen LogP contribution >= 0.6 is 0 Å². The Labute approximate surface area is 117 Å². The van der Waals surface area contributed by atoms with E-state index in [9.17, 15) is 22.4 Å². The minimum atomic E-state index is -1.31. The van der Waals surface area contributed by atoms with E-state index in [0.717, 1.165) is 12.1 Å². The molecule has 0 aliphatic rings. The predicted octanol–water partition coefficient (Wildman–Crippen LogP) is 3.29. The average molecular weight is 298 g/mol. The van der Waals surface area contributed by atoms with Crippen molar-refractivity contribution >= 4 is 17.3 Å². The lowest BCUT2D eigenvalue weighted by atomic mass is 10.2. The van der Waals surface area contributed by atoms with Crippen LogP contribution in [0.5, 0.6) is 0 Å². The molecule has 0 aromatic heterocycles. The average Bonchev–Trinajstić information content (AvgIpc) is 2.44. The number of carbonyl (C=O) groups is 1. The van der Waals surface area contributed by atoms with Crippen LogP contribution in [-0.4, -0.2) is 12.5 Å². The molecule has 0 atom stereocenters. The van der Waals surface area contributed by atoms with Gasteiger partial charge in [-0.2, -0.15) is 0 Å². The molecule has 2 aromatic carbocycles. The van der Waals surface area contributed by atoms with Gasteiger partial charge in [0.15, 0.2) is 11.6 Å². The normalized spacial score (nSPS) is 10.3. The maximum absolute atomic E-state index is 13.3. The van der Waals surface area contributed by atoms with Gasteiger partial charge in [-0.25, -0.2) is 17.6 Å². The summed E-state index contributed by atoms with van der Waals surface area (Å²) in [5, 5.41) is 4.77. The summed E-state index contributed by atoms with van der Waals surface area (Å²) >= 11 is 0. The first-order valence-corrected chi connectivity index (χ1v) is 5.89. The summed E-state index contributed by atoms with van der Waals surface area (Å²) in [5.74, 6) is -4.55. The van der Waals surface area contributed by atoms with Crippen LogP contribution in [-0.2, 0) is 4.79 Å². The number of amides is 1. The smallest absolute Gasteiger partial charge is 0.243 e. The fourth-order valence-corrected chi connectivity index (χ4v) is 1.57. The van der Waals surface area contributed by atoms with E-state index in [1.54, 1.807) is 0 Å². The maximum Gasteiger partial charge on any atom is 0.243 e. The number of anilines is 2. The second-order valence-electron chi connectivity index (χ2n) is 4.15. The third-order valence-corrected chi connectivity index (χ3v) is 2.58. The number of halogens is 4. The van der Waals surface area contributed by atoms with Crippen molar-refractivity contribution in [1.29, 1.82) is 0 Å². The van der Waals surface area contributed by atoms with Crippen molar-refractivity contribution in [2.24, 2.45) is 0 Å². The van der Waals surface area contributed by atoms with Gasteiger partial charge in [0.2, 0.25) is 5.91 Å². The Morgan fingerprint density at radius 3 is 2.19 bits per heavy atom. The zero-order valence-electron chi connectivity index (χ0n) is 10.6. The standard InChI is InChI=1S/C14H10F4N2O/c15-8-1-3-9(4-2-8)20-14(21)7-19-13-6-11(17)10(16)5-12(13)18/h1-6,19H,7H2,(H,20,21). The number of benzene rings is 2. The second kappa shape index (κ2) is 6.25. The number of rotatable bonds is 4. The van der Waals surface area contributed by atoms with Crippen LogP contribution in [0.15, 0.2) is 36.4 Å². The summed E-state index contributed by atoms with van der Waals surface area (Å²) in [6.07, 6.45) is 0. The van der Waals surface area contributed by atoms with E-state index in [2.05, 4.69) is 10.6 Å². The van der Waals surface area contributed by atoms with Gasteiger partial charge in [-0.05, 0) is 24.3 Å². The third-order valence-electron chi connectivity index (χ3n) is 2.58. The van der Waals surface area contributed by atoms with Gasteiger partial charge in [0, 0.05) is 17.8 Å².